The number of nitrogens with zero attached hydrogens (tertiary/aromatic N) is 3. The molecule has 0 aliphatic carbocycles. The van der Waals surface area contributed by atoms with Gasteiger partial charge >= 0.3 is 0 Å². The third-order valence-corrected chi connectivity index (χ3v) is 7.90. The normalized spacial score (nSPS) is 15.7. The molecular formula is C26H34ClN3O3S. The lowest BCUT2D eigenvalue weighted by molar-refractivity contribution is 0.0698. The van der Waals surface area contributed by atoms with Gasteiger partial charge in [-0.25, -0.2) is 8.42 Å². The molecule has 0 spiro atoms. The molecule has 1 heterocycles. The fourth-order valence-corrected chi connectivity index (χ4v) is 5.38. The van der Waals surface area contributed by atoms with Gasteiger partial charge in [-0.3, -0.25) is 9.69 Å². The Balaban J connectivity index is 1.57. The van der Waals surface area contributed by atoms with Crippen molar-refractivity contribution in [3.05, 3.63) is 75.7 Å². The average Bonchev–Trinajstić information content (AvgIpc) is 2.82. The fourth-order valence-electron chi connectivity index (χ4n) is 4.08. The van der Waals surface area contributed by atoms with E-state index in [1.165, 1.54) is 15.3 Å². The third-order valence-electron chi connectivity index (χ3n) is 6.08. The largest absolute Gasteiger partial charge is 0.336 e. The Morgan fingerprint density at radius 2 is 1.50 bits per heavy atom. The molecule has 3 rings (SSSR count). The molecule has 8 heteroatoms. The van der Waals surface area contributed by atoms with Crippen molar-refractivity contribution >= 4 is 33.6 Å². The summed E-state index contributed by atoms with van der Waals surface area (Å²) in [5.41, 5.74) is 2.56. The number of carbonyl (C=O) groups excluding carboxylic acids is 1. The van der Waals surface area contributed by atoms with Crippen LogP contribution in [0.4, 0.5) is 0 Å². The first kappa shape index (κ1) is 26.4. The van der Waals surface area contributed by atoms with Crippen molar-refractivity contribution in [2.45, 2.75) is 46.3 Å². The van der Waals surface area contributed by atoms with Gasteiger partial charge in [0.05, 0.1) is 0 Å². The highest BCUT2D eigenvalue weighted by atomic mass is 35.5. The summed E-state index contributed by atoms with van der Waals surface area (Å²) >= 11 is 5.87. The summed E-state index contributed by atoms with van der Waals surface area (Å²) in [6.45, 7) is 10.9. The maximum atomic E-state index is 13.0. The van der Waals surface area contributed by atoms with Crippen LogP contribution in [0.3, 0.4) is 0 Å². The number of amides is 1. The fraction of sp³-hybridized carbons (Fsp3) is 0.423. The minimum Gasteiger partial charge on any atom is -0.336 e. The van der Waals surface area contributed by atoms with E-state index in [0.29, 0.717) is 35.8 Å². The van der Waals surface area contributed by atoms with Gasteiger partial charge in [-0.2, -0.15) is 4.31 Å². The van der Waals surface area contributed by atoms with Gasteiger partial charge in [0.25, 0.3) is 5.91 Å². The second-order valence-electron chi connectivity index (χ2n) is 9.15. The van der Waals surface area contributed by atoms with E-state index in [1.807, 2.05) is 24.3 Å². The molecule has 34 heavy (non-hydrogen) atoms. The lowest BCUT2D eigenvalue weighted by Crippen LogP contribution is -2.50. The second-order valence-corrected chi connectivity index (χ2v) is 11.4. The Labute approximate surface area is 208 Å². The summed E-state index contributed by atoms with van der Waals surface area (Å²) in [6, 6.07) is 15.6. The summed E-state index contributed by atoms with van der Waals surface area (Å²) in [5, 5.41) is 1.81. The molecule has 1 amide bonds. The lowest BCUT2D eigenvalue weighted by atomic mass is 10.1. The van der Waals surface area contributed by atoms with Crippen LogP contribution < -0.4 is 0 Å². The number of piperazine rings is 1. The van der Waals surface area contributed by atoms with Crippen molar-refractivity contribution in [3.8, 4) is 0 Å². The van der Waals surface area contributed by atoms with E-state index in [2.05, 4.69) is 32.6 Å². The molecule has 0 aromatic heterocycles. The molecule has 2 aromatic rings. The van der Waals surface area contributed by atoms with Crippen molar-refractivity contribution in [1.29, 1.82) is 0 Å². The maximum Gasteiger partial charge on any atom is 0.253 e. The van der Waals surface area contributed by atoms with Crippen molar-refractivity contribution in [2.24, 2.45) is 0 Å². The van der Waals surface area contributed by atoms with E-state index >= 15 is 0 Å². The zero-order valence-electron chi connectivity index (χ0n) is 20.3. The first-order valence-corrected chi connectivity index (χ1v) is 13.5. The van der Waals surface area contributed by atoms with Gasteiger partial charge in [0.2, 0.25) is 10.0 Å². The van der Waals surface area contributed by atoms with Crippen LogP contribution in [0.25, 0.3) is 6.08 Å². The van der Waals surface area contributed by atoms with E-state index < -0.39 is 10.0 Å². The highest BCUT2D eigenvalue weighted by Gasteiger charge is 2.28. The molecule has 0 radical (unpaired) electrons. The Hall–Kier alpha value is -2.19. The van der Waals surface area contributed by atoms with Crippen molar-refractivity contribution in [3.63, 3.8) is 0 Å². The molecule has 0 saturated carbocycles. The van der Waals surface area contributed by atoms with Crippen LogP contribution >= 0.6 is 11.6 Å². The SMILES string of the molecule is CC(C)N(Cc1ccc(C(=O)N2CCN(S(=O)(=O)C=Cc3ccc(Cl)cc3)CC2)cc1)C(C)C. The van der Waals surface area contributed by atoms with Gasteiger partial charge in [-0.15, -0.1) is 0 Å². The van der Waals surface area contributed by atoms with E-state index in [4.69, 9.17) is 11.6 Å². The molecule has 184 valence electrons. The Morgan fingerprint density at radius 1 is 0.941 bits per heavy atom. The summed E-state index contributed by atoms with van der Waals surface area (Å²) in [6.07, 6.45) is 1.56. The van der Waals surface area contributed by atoms with Crippen LogP contribution in [0.5, 0.6) is 0 Å². The topological polar surface area (TPSA) is 60.9 Å². The van der Waals surface area contributed by atoms with Gasteiger partial charge in [0.1, 0.15) is 0 Å². The van der Waals surface area contributed by atoms with Crippen molar-refractivity contribution in [1.82, 2.24) is 14.1 Å². The van der Waals surface area contributed by atoms with Gasteiger partial charge in [-0.05, 0) is 69.2 Å². The van der Waals surface area contributed by atoms with Crippen LogP contribution in [-0.4, -0.2) is 66.7 Å². The molecule has 0 N–H and O–H groups in total. The molecule has 0 atom stereocenters. The molecule has 6 nitrogen and oxygen atoms in total. The van der Waals surface area contributed by atoms with E-state index in [0.717, 1.165) is 12.1 Å². The van der Waals surface area contributed by atoms with E-state index in [-0.39, 0.29) is 19.0 Å². The summed E-state index contributed by atoms with van der Waals surface area (Å²) < 4.78 is 26.8. The van der Waals surface area contributed by atoms with Crippen LogP contribution in [-0.2, 0) is 16.6 Å². The summed E-state index contributed by atoms with van der Waals surface area (Å²) in [7, 11) is -3.56. The number of carbonyl (C=O) groups is 1. The third kappa shape index (κ3) is 6.92. The molecule has 0 bridgehead atoms. The smallest absolute Gasteiger partial charge is 0.253 e. The average molecular weight is 504 g/mol. The van der Waals surface area contributed by atoms with E-state index in [1.54, 1.807) is 35.2 Å². The number of sulfonamides is 1. The van der Waals surface area contributed by atoms with Crippen molar-refractivity contribution in [2.75, 3.05) is 26.2 Å². The summed E-state index contributed by atoms with van der Waals surface area (Å²) in [5.74, 6) is -0.0649. The van der Waals surface area contributed by atoms with Crippen molar-refractivity contribution < 1.29 is 13.2 Å². The minimum absolute atomic E-state index is 0.0649. The Bertz CT molecular complexity index is 1080. The first-order chi connectivity index (χ1) is 16.1. The van der Waals surface area contributed by atoms with Crippen LogP contribution in [0.15, 0.2) is 53.9 Å². The number of hydrogen-bond acceptors (Lipinski definition) is 4. The molecule has 1 aliphatic rings. The number of hydrogen-bond donors (Lipinski definition) is 0. The van der Waals surface area contributed by atoms with Gasteiger partial charge in [0.15, 0.2) is 0 Å². The molecule has 1 aliphatic heterocycles. The van der Waals surface area contributed by atoms with E-state index in [9.17, 15) is 13.2 Å². The molecule has 1 saturated heterocycles. The number of rotatable bonds is 8. The molecular weight excluding hydrogens is 470 g/mol. The second kappa shape index (κ2) is 11.5. The predicted octanol–water partition coefficient (Wildman–Crippen LogP) is 4.72. The highest BCUT2D eigenvalue weighted by Crippen LogP contribution is 2.17. The number of halogens is 1. The zero-order valence-corrected chi connectivity index (χ0v) is 21.9. The maximum absolute atomic E-state index is 13.0. The van der Waals surface area contributed by atoms with Gasteiger partial charge in [0, 0.05) is 60.8 Å². The lowest BCUT2D eigenvalue weighted by Gasteiger charge is -2.33. The highest BCUT2D eigenvalue weighted by molar-refractivity contribution is 7.92. The van der Waals surface area contributed by atoms with Crippen LogP contribution in [0, 0.1) is 0 Å². The van der Waals surface area contributed by atoms with Crippen LogP contribution in [0.1, 0.15) is 49.2 Å². The standard InChI is InChI=1S/C26H34ClN3O3S/c1-20(2)30(21(3)4)19-23-5-9-24(10-6-23)26(31)28-14-16-29(17-15-28)34(32,33)18-13-22-7-11-25(27)12-8-22/h5-13,18,20-21H,14-17,19H2,1-4H3. The Kier molecular flexibility index (Phi) is 8.93. The molecule has 0 unspecified atom stereocenters. The quantitative estimate of drug-likeness (QED) is 0.523. The zero-order chi connectivity index (χ0) is 24.9. The van der Waals surface area contributed by atoms with Crippen LogP contribution in [0.2, 0.25) is 5.02 Å². The van der Waals surface area contributed by atoms with Gasteiger partial charge < -0.3 is 4.90 Å². The number of benzene rings is 2. The Morgan fingerprint density at radius 3 is 2.03 bits per heavy atom. The predicted molar refractivity (Wildman–Crippen MR) is 139 cm³/mol. The molecule has 2 aromatic carbocycles. The first-order valence-electron chi connectivity index (χ1n) is 11.6. The summed E-state index contributed by atoms with van der Waals surface area (Å²) in [4.78, 5) is 17.1. The molecule has 1 fully saturated rings. The minimum atomic E-state index is -3.56. The monoisotopic (exact) mass is 503 g/mol. The van der Waals surface area contributed by atoms with Gasteiger partial charge in [-0.1, -0.05) is 35.9 Å².